The number of hydrogen-bond donors (Lipinski definition) is 2. The molecule has 0 unspecified atom stereocenters. The van der Waals surface area contributed by atoms with E-state index in [2.05, 4.69) is 17.9 Å². The maximum absolute atomic E-state index is 12.5. The fraction of sp³-hybridized carbons (Fsp3) is 0.818. The van der Waals surface area contributed by atoms with E-state index in [-0.39, 0.29) is 108 Å². The molecular formula is C22H38EuN5O7S. The molecule has 206 valence electrons. The van der Waals surface area contributed by atoms with Crippen molar-refractivity contribution in [3.63, 3.8) is 0 Å². The Bertz CT molecular complexity index is 645. The number of carboxylic acids is 3. The Balaban J connectivity index is 0.0000122. The average molecular weight is 669 g/mol. The third-order valence-corrected chi connectivity index (χ3v) is 6.08. The van der Waals surface area contributed by atoms with Crippen LogP contribution >= 0.6 is 12.6 Å². The molecule has 0 aliphatic carbocycles. The Morgan fingerprint density at radius 3 is 1.25 bits per heavy atom. The third-order valence-electron chi connectivity index (χ3n) is 5.76. The predicted octanol–water partition coefficient (Wildman–Crippen LogP) is -4.94. The molecule has 1 fully saturated rings. The van der Waals surface area contributed by atoms with Gasteiger partial charge in [-0.1, -0.05) is 12.8 Å². The summed E-state index contributed by atoms with van der Waals surface area (Å²) >= 11 is 4.18. The molecule has 1 amide bonds. The number of carbonyl (C=O) groups excluding carboxylic acids is 4. The number of hydrogen-bond acceptors (Lipinski definition) is 12. The van der Waals surface area contributed by atoms with Gasteiger partial charge in [-0.15, -0.1) is 0 Å². The summed E-state index contributed by atoms with van der Waals surface area (Å²) in [4.78, 5) is 52.7. The minimum absolute atomic E-state index is 0. The van der Waals surface area contributed by atoms with Crippen LogP contribution in [0.2, 0.25) is 0 Å². The molecule has 0 aromatic carbocycles. The van der Waals surface area contributed by atoms with E-state index in [0.717, 1.165) is 31.4 Å². The van der Waals surface area contributed by atoms with Gasteiger partial charge >= 0.3 is 49.4 Å². The molecule has 1 saturated heterocycles. The Kier molecular flexibility index (Phi) is 21.4. The van der Waals surface area contributed by atoms with Gasteiger partial charge in [-0.05, 0) is 18.6 Å². The number of amides is 1. The Morgan fingerprint density at radius 1 is 0.583 bits per heavy atom. The first-order chi connectivity index (χ1) is 16.7. The monoisotopic (exact) mass is 669 g/mol. The maximum atomic E-state index is 12.5. The quantitative estimate of drug-likeness (QED) is 0.135. The number of carbonyl (C=O) groups is 4. The number of carboxylic acid groups (broad SMARTS) is 3. The minimum atomic E-state index is -1.27. The molecule has 0 aromatic rings. The Labute approximate surface area is 259 Å². The van der Waals surface area contributed by atoms with Crippen LogP contribution < -0.4 is 20.6 Å². The normalized spacial score (nSPS) is 17.4. The van der Waals surface area contributed by atoms with E-state index < -0.39 is 17.9 Å². The molecule has 0 spiro atoms. The Hall–Kier alpha value is -0.346. The summed E-state index contributed by atoms with van der Waals surface area (Å²) in [5.41, 5.74) is 0. The second-order valence-electron chi connectivity index (χ2n) is 8.71. The second kappa shape index (κ2) is 21.6. The van der Waals surface area contributed by atoms with E-state index in [9.17, 15) is 34.5 Å². The van der Waals surface area contributed by atoms with Crippen LogP contribution in [0.3, 0.4) is 0 Å². The van der Waals surface area contributed by atoms with E-state index in [1.165, 1.54) is 0 Å². The van der Waals surface area contributed by atoms with Gasteiger partial charge in [0.15, 0.2) is 0 Å². The maximum Gasteiger partial charge on any atom is 3.00 e. The summed E-state index contributed by atoms with van der Waals surface area (Å²) in [5, 5.41) is 36.4. The topological polar surface area (TPSA) is 162 Å². The molecule has 0 saturated carbocycles. The van der Waals surface area contributed by atoms with Crippen LogP contribution in [-0.2, 0) is 19.2 Å². The van der Waals surface area contributed by atoms with Gasteiger partial charge in [0.05, 0.1) is 24.5 Å². The molecule has 0 atom stereocenters. The average Bonchev–Trinajstić information content (AvgIpc) is 2.77. The molecule has 1 aliphatic heterocycles. The molecule has 0 aromatic heterocycles. The van der Waals surface area contributed by atoms with Crippen molar-refractivity contribution in [2.45, 2.75) is 25.7 Å². The van der Waals surface area contributed by atoms with Gasteiger partial charge in [0.2, 0.25) is 5.91 Å². The summed E-state index contributed by atoms with van der Waals surface area (Å²) < 4.78 is 0. The summed E-state index contributed by atoms with van der Waals surface area (Å²) in [6.45, 7) is 2.15. The van der Waals surface area contributed by atoms with E-state index in [1.807, 2.05) is 4.90 Å². The van der Waals surface area contributed by atoms with E-state index in [4.69, 9.17) is 0 Å². The van der Waals surface area contributed by atoms with E-state index in [1.54, 1.807) is 14.7 Å². The van der Waals surface area contributed by atoms with Crippen LogP contribution in [0, 0.1) is 49.4 Å². The summed E-state index contributed by atoms with van der Waals surface area (Å²) in [7, 11) is 0. The van der Waals surface area contributed by atoms with Crippen molar-refractivity contribution >= 4 is 36.4 Å². The molecule has 0 bridgehead atoms. The van der Waals surface area contributed by atoms with Crippen molar-refractivity contribution in [1.29, 1.82) is 0 Å². The van der Waals surface area contributed by atoms with Gasteiger partial charge in [-0.2, -0.15) is 12.6 Å². The molecule has 1 rings (SSSR count). The van der Waals surface area contributed by atoms with Gasteiger partial charge in [0, 0.05) is 78.5 Å². The van der Waals surface area contributed by atoms with Crippen LogP contribution in [-0.4, -0.2) is 134 Å². The van der Waals surface area contributed by atoms with Crippen molar-refractivity contribution in [2.75, 3.05) is 90.8 Å². The van der Waals surface area contributed by atoms with Crippen LogP contribution in [0.1, 0.15) is 25.7 Å². The molecule has 0 radical (unpaired) electrons. The smallest absolute Gasteiger partial charge is 0.549 e. The van der Waals surface area contributed by atoms with E-state index in [0.29, 0.717) is 32.7 Å². The fourth-order valence-electron chi connectivity index (χ4n) is 3.84. The summed E-state index contributed by atoms with van der Waals surface area (Å²) in [6.07, 6.45) is 3.99. The molecule has 1 N–H and O–H groups in total. The van der Waals surface area contributed by atoms with Gasteiger partial charge < -0.3 is 35.0 Å². The van der Waals surface area contributed by atoms with Crippen LogP contribution in [0.5, 0.6) is 0 Å². The predicted molar refractivity (Wildman–Crippen MR) is 126 cm³/mol. The molecular weight excluding hydrogens is 630 g/mol. The van der Waals surface area contributed by atoms with Gasteiger partial charge in [-0.25, -0.2) is 0 Å². The van der Waals surface area contributed by atoms with E-state index >= 15 is 0 Å². The number of thiol groups is 1. The fourth-order valence-corrected chi connectivity index (χ4v) is 4.06. The van der Waals surface area contributed by atoms with Crippen molar-refractivity contribution in [2.24, 2.45) is 0 Å². The molecule has 14 heteroatoms. The van der Waals surface area contributed by atoms with Gasteiger partial charge in [0.1, 0.15) is 0 Å². The number of nitrogens with one attached hydrogen (secondary N) is 1. The first-order valence-electron chi connectivity index (χ1n) is 12.1. The summed E-state index contributed by atoms with van der Waals surface area (Å²) in [5.74, 6) is -3.06. The number of rotatable bonds is 14. The zero-order valence-electron chi connectivity index (χ0n) is 20.7. The van der Waals surface area contributed by atoms with Gasteiger partial charge in [-0.3, -0.25) is 24.4 Å². The van der Waals surface area contributed by atoms with Crippen molar-refractivity contribution in [3.8, 4) is 0 Å². The van der Waals surface area contributed by atoms with Crippen LogP contribution in [0.4, 0.5) is 0 Å². The number of aliphatic carboxylic acids is 3. The van der Waals surface area contributed by atoms with Crippen LogP contribution in [0.25, 0.3) is 0 Å². The first-order valence-corrected chi connectivity index (χ1v) is 12.7. The molecule has 1 heterocycles. The first kappa shape index (κ1) is 35.7. The molecule has 1 aliphatic rings. The number of nitrogens with zero attached hydrogens (tertiary/aromatic N) is 4. The largest absolute Gasteiger partial charge is 3.00 e. The minimum Gasteiger partial charge on any atom is -0.549 e. The zero-order valence-corrected chi connectivity index (χ0v) is 24.0. The Morgan fingerprint density at radius 2 is 0.917 bits per heavy atom. The molecule has 36 heavy (non-hydrogen) atoms. The SMILES string of the molecule is O=C([O-])CN1CCN(CC(=O)[O-])CCN(CC(=O)NCCCCCCS)CCN(CC(=O)[O-])CC1.[Eu+3]. The van der Waals surface area contributed by atoms with Crippen molar-refractivity contribution in [3.05, 3.63) is 0 Å². The van der Waals surface area contributed by atoms with Gasteiger partial charge in [0.25, 0.3) is 0 Å². The van der Waals surface area contributed by atoms with Crippen LogP contribution in [0.15, 0.2) is 0 Å². The van der Waals surface area contributed by atoms with Crippen molar-refractivity contribution in [1.82, 2.24) is 24.9 Å². The second-order valence-corrected chi connectivity index (χ2v) is 9.16. The zero-order chi connectivity index (χ0) is 26.1. The standard InChI is InChI=1S/C22H41N5O7S.Eu/c28-19(23-5-3-1-2-4-14-35)15-24-6-8-25(16-20(29)30)10-12-27(18-22(33)34)13-11-26(9-7-24)17-21(31)32;/h35H,1-18H2,(H,23,28)(H,29,30)(H,31,32)(H,33,34);/q;+3/p-3. The molecule has 12 nitrogen and oxygen atoms in total. The summed E-state index contributed by atoms with van der Waals surface area (Å²) in [6, 6.07) is 0. The van der Waals surface area contributed by atoms with Crippen molar-refractivity contribution < 1.29 is 83.9 Å². The third kappa shape index (κ3) is 18.8. The number of unbranched alkanes of at least 4 members (excludes halogenated alkanes) is 3.